The molecule has 9 heteroatoms. The van der Waals surface area contributed by atoms with Crippen molar-refractivity contribution in [1.29, 1.82) is 0 Å². The maximum absolute atomic E-state index is 13.6. The van der Waals surface area contributed by atoms with Gasteiger partial charge in [-0.3, -0.25) is 15.6 Å². The Kier molecular flexibility index (Phi) is 5.60. The average Bonchev–Trinajstić information content (AvgIpc) is 2.94. The molecule has 0 radical (unpaired) electrons. The first-order valence-electron chi connectivity index (χ1n) is 8.27. The maximum Gasteiger partial charge on any atom is 0.242 e. The van der Waals surface area contributed by atoms with Gasteiger partial charge >= 0.3 is 0 Å². The summed E-state index contributed by atoms with van der Waals surface area (Å²) in [4.78, 5) is 12.2. The number of halogens is 4. The molecule has 3 rings (SSSR count). The molecule has 28 heavy (non-hydrogen) atoms. The van der Waals surface area contributed by atoms with Crippen LogP contribution in [0, 0.1) is 31.3 Å². The van der Waals surface area contributed by atoms with Gasteiger partial charge in [-0.05, 0) is 50.2 Å². The standard InChI is InChI=1S/C19H16ClF3N4O/c1-10-14(11(2)27(26-10)13-5-3-12(20)4-6-13)9-17(28)25-24-16-8-7-15(21)18(22)19(16)23/h3-8,24H,9H2,1-2H3,(H,25,28). The molecule has 1 heterocycles. The topological polar surface area (TPSA) is 59.0 Å². The van der Waals surface area contributed by atoms with Crippen molar-refractivity contribution in [2.45, 2.75) is 20.3 Å². The molecular formula is C19H16ClF3N4O. The summed E-state index contributed by atoms with van der Waals surface area (Å²) in [5.41, 5.74) is 7.06. The molecule has 0 saturated carbocycles. The van der Waals surface area contributed by atoms with Gasteiger partial charge in [-0.15, -0.1) is 0 Å². The molecule has 3 aromatic rings. The monoisotopic (exact) mass is 408 g/mol. The van der Waals surface area contributed by atoms with E-state index in [1.54, 1.807) is 35.9 Å². The van der Waals surface area contributed by atoms with Crippen LogP contribution in [-0.2, 0) is 11.2 Å². The molecule has 146 valence electrons. The minimum atomic E-state index is -1.62. The van der Waals surface area contributed by atoms with E-state index in [2.05, 4.69) is 16.0 Å². The summed E-state index contributed by atoms with van der Waals surface area (Å²) in [6.07, 6.45) is -0.0381. The Labute approximate surface area is 164 Å². The molecular weight excluding hydrogens is 393 g/mol. The van der Waals surface area contributed by atoms with Gasteiger partial charge < -0.3 is 0 Å². The summed E-state index contributed by atoms with van der Waals surface area (Å²) in [7, 11) is 0. The van der Waals surface area contributed by atoms with E-state index in [1.807, 2.05) is 6.92 Å². The summed E-state index contributed by atoms with van der Waals surface area (Å²) < 4.78 is 41.5. The molecule has 1 amide bonds. The molecule has 1 aromatic heterocycles. The van der Waals surface area contributed by atoms with E-state index < -0.39 is 23.4 Å². The Morgan fingerprint density at radius 3 is 2.43 bits per heavy atom. The fourth-order valence-electron chi connectivity index (χ4n) is 2.73. The van der Waals surface area contributed by atoms with Crippen LogP contribution in [0.4, 0.5) is 18.9 Å². The molecule has 0 atom stereocenters. The number of rotatable bonds is 5. The first-order chi connectivity index (χ1) is 13.3. The van der Waals surface area contributed by atoms with Gasteiger partial charge in [-0.2, -0.15) is 5.10 Å². The van der Waals surface area contributed by atoms with Crippen molar-refractivity contribution in [2.24, 2.45) is 0 Å². The number of hydrazine groups is 1. The van der Waals surface area contributed by atoms with Crippen LogP contribution in [0.5, 0.6) is 0 Å². The van der Waals surface area contributed by atoms with Gasteiger partial charge in [0.2, 0.25) is 5.91 Å². The number of aryl methyl sites for hydroxylation is 1. The van der Waals surface area contributed by atoms with Gasteiger partial charge in [0.25, 0.3) is 0 Å². The number of hydrogen-bond donors (Lipinski definition) is 2. The largest absolute Gasteiger partial charge is 0.296 e. The first-order valence-corrected chi connectivity index (χ1v) is 8.65. The molecule has 0 bridgehead atoms. The van der Waals surface area contributed by atoms with Crippen molar-refractivity contribution in [1.82, 2.24) is 15.2 Å². The van der Waals surface area contributed by atoms with E-state index in [9.17, 15) is 18.0 Å². The van der Waals surface area contributed by atoms with Crippen molar-refractivity contribution in [3.63, 3.8) is 0 Å². The van der Waals surface area contributed by atoms with Crippen LogP contribution in [0.1, 0.15) is 17.0 Å². The molecule has 5 nitrogen and oxygen atoms in total. The Bertz CT molecular complexity index is 1030. The Morgan fingerprint density at radius 1 is 1.07 bits per heavy atom. The van der Waals surface area contributed by atoms with Crippen LogP contribution in [0.2, 0.25) is 5.02 Å². The lowest BCUT2D eigenvalue weighted by atomic mass is 10.1. The van der Waals surface area contributed by atoms with Gasteiger partial charge in [0.05, 0.1) is 23.5 Å². The lowest BCUT2D eigenvalue weighted by molar-refractivity contribution is -0.119. The van der Waals surface area contributed by atoms with E-state index in [0.29, 0.717) is 16.3 Å². The molecule has 0 aliphatic rings. The van der Waals surface area contributed by atoms with Crippen LogP contribution in [-0.4, -0.2) is 15.7 Å². The predicted octanol–water partition coefficient (Wildman–Crippen LogP) is 4.25. The quantitative estimate of drug-likeness (QED) is 0.490. The van der Waals surface area contributed by atoms with E-state index in [4.69, 9.17) is 11.6 Å². The van der Waals surface area contributed by atoms with Crippen molar-refractivity contribution < 1.29 is 18.0 Å². The summed E-state index contributed by atoms with van der Waals surface area (Å²) in [6.45, 7) is 3.59. The van der Waals surface area contributed by atoms with Crippen molar-refractivity contribution in [2.75, 3.05) is 5.43 Å². The molecule has 0 spiro atoms. The van der Waals surface area contributed by atoms with Crippen LogP contribution in [0.3, 0.4) is 0 Å². The zero-order valence-electron chi connectivity index (χ0n) is 15.0. The number of hydrogen-bond acceptors (Lipinski definition) is 3. The fourth-order valence-corrected chi connectivity index (χ4v) is 2.85. The molecule has 0 aliphatic carbocycles. The summed E-state index contributed by atoms with van der Waals surface area (Å²) in [5.74, 6) is -4.83. The average molecular weight is 409 g/mol. The van der Waals surface area contributed by atoms with Crippen molar-refractivity contribution in [3.05, 3.63) is 75.8 Å². The molecule has 0 fully saturated rings. The minimum Gasteiger partial charge on any atom is -0.296 e. The van der Waals surface area contributed by atoms with E-state index in [-0.39, 0.29) is 12.1 Å². The number of nitrogens with one attached hydrogen (secondary N) is 2. The predicted molar refractivity (Wildman–Crippen MR) is 99.8 cm³/mol. The second-order valence-electron chi connectivity index (χ2n) is 6.11. The summed E-state index contributed by atoms with van der Waals surface area (Å²) >= 11 is 5.90. The number of anilines is 1. The van der Waals surface area contributed by atoms with Crippen LogP contribution in [0.15, 0.2) is 36.4 Å². The van der Waals surface area contributed by atoms with Crippen LogP contribution in [0.25, 0.3) is 5.69 Å². The lowest BCUT2D eigenvalue weighted by Gasteiger charge is -2.10. The second-order valence-corrected chi connectivity index (χ2v) is 6.55. The van der Waals surface area contributed by atoms with Gasteiger partial charge in [-0.1, -0.05) is 11.6 Å². The number of benzene rings is 2. The number of carbonyl (C=O) groups is 1. The first kappa shape index (κ1) is 19.8. The van der Waals surface area contributed by atoms with Crippen LogP contribution < -0.4 is 10.9 Å². The van der Waals surface area contributed by atoms with Gasteiger partial charge in [0.1, 0.15) is 0 Å². The van der Waals surface area contributed by atoms with Gasteiger partial charge in [-0.25, -0.2) is 17.9 Å². The zero-order valence-corrected chi connectivity index (χ0v) is 15.7. The van der Waals surface area contributed by atoms with Crippen LogP contribution >= 0.6 is 11.6 Å². The molecule has 2 N–H and O–H groups in total. The summed E-state index contributed by atoms with van der Waals surface area (Å²) in [5, 5.41) is 5.04. The summed E-state index contributed by atoms with van der Waals surface area (Å²) in [6, 6.07) is 8.83. The normalized spacial score (nSPS) is 10.8. The Balaban J connectivity index is 1.72. The smallest absolute Gasteiger partial charge is 0.242 e. The Morgan fingerprint density at radius 2 is 1.75 bits per heavy atom. The maximum atomic E-state index is 13.6. The van der Waals surface area contributed by atoms with Crippen molar-refractivity contribution >= 4 is 23.2 Å². The van der Waals surface area contributed by atoms with Gasteiger partial charge in [0.15, 0.2) is 17.5 Å². The fraction of sp³-hybridized carbons (Fsp3) is 0.158. The molecule has 2 aromatic carbocycles. The molecule has 0 saturated heterocycles. The number of carbonyl (C=O) groups excluding carboxylic acids is 1. The number of aromatic nitrogens is 2. The number of nitrogens with zero attached hydrogens (tertiary/aromatic N) is 2. The minimum absolute atomic E-state index is 0.0381. The van der Waals surface area contributed by atoms with E-state index in [1.165, 1.54) is 0 Å². The highest BCUT2D eigenvalue weighted by atomic mass is 35.5. The van der Waals surface area contributed by atoms with E-state index in [0.717, 1.165) is 23.5 Å². The third-order valence-electron chi connectivity index (χ3n) is 4.22. The molecule has 0 aliphatic heterocycles. The molecule has 0 unspecified atom stereocenters. The Hall–Kier alpha value is -3.00. The zero-order chi connectivity index (χ0) is 20.4. The van der Waals surface area contributed by atoms with Crippen molar-refractivity contribution in [3.8, 4) is 5.69 Å². The van der Waals surface area contributed by atoms with Gasteiger partial charge in [0, 0.05) is 16.3 Å². The third-order valence-corrected chi connectivity index (χ3v) is 4.47. The second kappa shape index (κ2) is 7.93. The SMILES string of the molecule is Cc1nn(-c2ccc(Cl)cc2)c(C)c1CC(=O)NNc1ccc(F)c(F)c1F. The number of amides is 1. The van der Waals surface area contributed by atoms with E-state index >= 15 is 0 Å². The highest BCUT2D eigenvalue weighted by molar-refractivity contribution is 6.30. The highest BCUT2D eigenvalue weighted by Gasteiger charge is 2.17. The third kappa shape index (κ3) is 3.96. The lowest BCUT2D eigenvalue weighted by Crippen LogP contribution is -2.31. The highest BCUT2D eigenvalue weighted by Crippen LogP contribution is 2.21.